The molecule has 0 aromatic carbocycles. The number of carbonyl (C=O) groups excluding carboxylic acids is 1. The fourth-order valence-electron chi connectivity index (χ4n) is 6.43. The number of aliphatic hydroxyl groups is 1. The lowest BCUT2D eigenvalue weighted by atomic mass is 9.51. The van der Waals surface area contributed by atoms with E-state index in [1.54, 1.807) is 5.57 Å². The van der Waals surface area contributed by atoms with Crippen molar-refractivity contribution in [2.75, 3.05) is 6.61 Å². The van der Waals surface area contributed by atoms with Crippen LogP contribution in [0.3, 0.4) is 0 Å². The van der Waals surface area contributed by atoms with Crippen LogP contribution in [0.5, 0.6) is 0 Å². The number of fused-ring (bicyclic) bond motifs is 5. The van der Waals surface area contributed by atoms with Crippen LogP contribution in [0.25, 0.3) is 0 Å². The topological polar surface area (TPSA) is 46.5 Å². The largest absolute Gasteiger partial charge is 0.416 e. The maximum Gasteiger partial charge on any atom is 0.192 e. The van der Waals surface area contributed by atoms with Gasteiger partial charge in [-0.2, -0.15) is 0 Å². The predicted molar refractivity (Wildman–Crippen MR) is 120 cm³/mol. The van der Waals surface area contributed by atoms with Gasteiger partial charge >= 0.3 is 0 Å². The summed E-state index contributed by atoms with van der Waals surface area (Å²) in [7, 11) is -1.96. The molecule has 0 heterocycles. The zero-order chi connectivity index (χ0) is 21.2. The van der Waals surface area contributed by atoms with Gasteiger partial charge in [-0.05, 0) is 73.9 Å². The maximum absolute atomic E-state index is 13.3. The second-order valence-corrected chi connectivity index (χ2v) is 16.8. The molecule has 29 heavy (non-hydrogen) atoms. The normalized spacial score (nSPS) is 40.0. The van der Waals surface area contributed by atoms with Crippen molar-refractivity contribution in [3.63, 3.8) is 0 Å². The van der Waals surface area contributed by atoms with Crippen LogP contribution in [0.2, 0.25) is 18.1 Å². The molecule has 0 saturated heterocycles. The summed E-state index contributed by atoms with van der Waals surface area (Å²) in [6.07, 6.45) is 11.5. The van der Waals surface area contributed by atoms with E-state index in [1.807, 2.05) is 0 Å². The maximum atomic E-state index is 13.3. The Labute approximate surface area is 178 Å². The highest BCUT2D eigenvalue weighted by Gasteiger charge is 2.61. The van der Waals surface area contributed by atoms with Crippen molar-refractivity contribution in [3.05, 3.63) is 23.3 Å². The lowest BCUT2D eigenvalue weighted by molar-refractivity contribution is -0.136. The average molecular weight is 417 g/mol. The molecule has 0 aliphatic heterocycles. The van der Waals surface area contributed by atoms with E-state index in [0.29, 0.717) is 18.9 Å². The molecule has 0 amide bonds. The van der Waals surface area contributed by atoms with Crippen LogP contribution in [0.15, 0.2) is 23.3 Å². The van der Waals surface area contributed by atoms with E-state index in [-0.39, 0.29) is 22.2 Å². The first kappa shape index (κ1) is 21.5. The van der Waals surface area contributed by atoms with E-state index in [4.69, 9.17) is 4.43 Å². The molecule has 0 aromatic rings. The van der Waals surface area contributed by atoms with Crippen LogP contribution in [-0.2, 0) is 9.22 Å². The van der Waals surface area contributed by atoms with E-state index in [0.717, 1.165) is 12.8 Å². The average Bonchev–Trinajstić information content (AvgIpc) is 2.90. The molecule has 4 aliphatic carbocycles. The summed E-state index contributed by atoms with van der Waals surface area (Å²) in [6.45, 7) is 14.2. The number of carbonyl (C=O) groups is 1. The molecule has 1 N–H and O–H groups in total. The van der Waals surface area contributed by atoms with E-state index in [2.05, 4.69) is 52.9 Å². The van der Waals surface area contributed by atoms with Gasteiger partial charge in [0, 0.05) is 6.61 Å². The molecule has 4 heteroatoms. The Morgan fingerprint density at radius 1 is 1.17 bits per heavy atom. The second-order valence-electron chi connectivity index (χ2n) is 11.9. The minimum absolute atomic E-state index is 0.0455. The summed E-state index contributed by atoms with van der Waals surface area (Å²) < 4.78 is 6.63. The van der Waals surface area contributed by atoms with E-state index >= 15 is 0 Å². The fourth-order valence-corrected chi connectivity index (χ4v) is 7.49. The predicted octanol–water partition coefficient (Wildman–Crippen LogP) is 5.80. The highest BCUT2D eigenvalue weighted by atomic mass is 28.4. The molecule has 3 saturated carbocycles. The van der Waals surface area contributed by atoms with Crippen molar-refractivity contribution in [1.29, 1.82) is 0 Å². The van der Waals surface area contributed by atoms with Crippen molar-refractivity contribution in [1.82, 2.24) is 0 Å². The summed E-state index contributed by atoms with van der Waals surface area (Å²) >= 11 is 0. The Bertz CT molecular complexity index is 759. The van der Waals surface area contributed by atoms with Gasteiger partial charge in [-0.25, -0.2) is 0 Å². The van der Waals surface area contributed by atoms with E-state index in [9.17, 15) is 9.90 Å². The molecule has 3 nitrogen and oxygen atoms in total. The third-order valence-electron chi connectivity index (χ3n) is 9.47. The van der Waals surface area contributed by atoms with Crippen molar-refractivity contribution in [2.24, 2.45) is 22.7 Å². The Morgan fingerprint density at radius 2 is 1.90 bits per heavy atom. The van der Waals surface area contributed by atoms with Gasteiger partial charge in [0.1, 0.15) is 6.10 Å². The van der Waals surface area contributed by atoms with E-state index in [1.165, 1.54) is 31.3 Å². The zero-order valence-electron chi connectivity index (χ0n) is 19.3. The molecule has 0 aromatic heterocycles. The molecule has 0 spiro atoms. The molecule has 0 bridgehead atoms. The molecule has 162 valence electrons. The van der Waals surface area contributed by atoms with Gasteiger partial charge in [-0.1, -0.05) is 57.4 Å². The molecule has 0 radical (unpaired) electrons. The molecule has 5 atom stereocenters. The summed E-state index contributed by atoms with van der Waals surface area (Å²) in [5.41, 5.74) is 2.79. The first-order chi connectivity index (χ1) is 13.4. The van der Waals surface area contributed by atoms with Gasteiger partial charge in [0.15, 0.2) is 14.1 Å². The highest BCUT2D eigenvalue weighted by molar-refractivity contribution is 6.74. The van der Waals surface area contributed by atoms with Gasteiger partial charge in [0.05, 0.1) is 5.41 Å². The van der Waals surface area contributed by atoms with Crippen LogP contribution in [0, 0.1) is 22.7 Å². The molecule has 3 fully saturated rings. The van der Waals surface area contributed by atoms with Gasteiger partial charge in [-0.3, -0.25) is 4.79 Å². The first-order valence-corrected chi connectivity index (χ1v) is 14.6. The monoisotopic (exact) mass is 416 g/mol. The number of hydrogen-bond donors (Lipinski definition) is 1. The van der Waals surface area contributed by atoms with Crippen molar-refractivity contribution in [2.45, 2.75) is 96.9 Å². The van der Waals surface area contributed by atoms with Gasteiger partial charge in [0.2, 0.25) is 0 Å². The van der Waals surface area contributed by atoms with E-state index < -0.39 is 19.8 Å². The fraction of sp³-hybridized carbons (Fsp3) is 0.800. The first-order valence-electron chi connectivity index (χ1n) is 11.7. The van der Waals surface area contributed by atoms with Gasteiger partial charge in [0.25, 0.3) is 0 Å². The molecule has 0 unspecified atom stereocenters. The second kappa shape index (κ2) is 6.90. The zero-order valence-corrected chi connectivity index (χ0v) is 20.3. The quantitative estimate of drug-likeness (QED) is 0.591. The summed E-state index contributed by atoms with van der Waals surface area (Å²) in [4.78, 5) is 13.3. The third kappa shape index (κ3) is 3.16. The third-order valence-corrected chi connectivity index (χ3v) is 14.0. The molecule has 4 rings (SSSR count). The van der Waals surface area contributed by atoms with Crippen LogP contribution >= 0.6 is 0 Å². The minimum atomic E-state index is -1.96. The minimum Gasteiger partial charge on any atom is -0.416 e. The number of Topliss-reactive ketones (excluding diaryl/α,β-unsaturated/α-hetero) is 1. The summed E-state index contributed by atoms with van der Waals surface area (Å²) in [5, 5.41) is 10.8. The van der Waals surface area contributed by atoms with Crippen molar-refractivity contribution < 1.29 is 14.3 Å². The Balaban J connectivity index is 1.67. The number of ketones is 1. The highest BCUT2D eigenvalue weighted by Crippen LogP contribution is 2.62. The Hall–Kier alpha value is -0.713. The number of aliphatic hydroxyl groups excluding tert-OH is 1. The molecule has 4 aliphatic rings. The number of hydrogen-bond acceptors (Lipinski definition) is 3. The van der Waals surface area contributed by atoms with Crippen LogP contribution in [0.1, 0.15) is 72.6 Å². The van der Waals surface area contributed by atoms with Crippen LogP contribution in [-0.4, -0.2) is 31.9 Å². The summed E-state index contributed by atoms with van der Waals surface area (Å²) in [6, 6.07) is 0. The SMILES string of the molecule is CC(C)(C)[Si](C)(C)OC[C@]12CC[C@H]3C(=CC=C4CCCC[C@@]43C)[C@@H]1C[C@@H](O)C2=O. The van der Waals surface area contributed by atoms with Gasteiger partial charge < -0.3 is 9.53 Å². The molecular formula is C25H40O3Si. The lowest BCUT2D eigenvalue weighted by Crippen LogP contribution is -2.51. The van der Waals surface area contributed by atoms with Crippen molar-refractivity contribution >= 4 is 14.1 Å². The number of allylic oxidation sites excluding steroid dienone is 4. The molecular weight excluding hydrogens is 376 g/mol. The smallest absolute Gasteiger partial charge is 0.192 e. The van der Waals surface area contributed by atoms with Crippen LogP contribution in [0.4, 0.5) is 0 Å². The lowest BCUT2D eigenvalue weighted by Gasteiger charge is -2.53. The van der Waals surface area contributed by atoms with Gasteiger partial charge in [-0.15, -0.1) is 0 Å². The Morgan fingerprint density at radius 3 is 2.59 bits per heavy atom. The van der Waals surface area contributed by atoms with Crippen LogP contribution < -0.4 is 0 Å². The standard InChI is InChI=1S/C25H40O3Si/c1-23(2,3)29(5,6)28-16-25-14-12-19-18(20(25)15-21(26)22(25)27)11-10-17-9-7-8-13-24(17,19)4/h10-11,19-21,26H,7-9,12-16H2,1-6H3/t19-,20-,21+,24-,25+/m0/s1. The van der Waals surface area contributed by atoms with Crippen molar-refractivity contribution in [3.8, 4) is 0 Å². The Kier molecular flexibility index (Phi) is 5.12. The summed E-state index contributed by atoms with van der Waals surface area (Å²) in [5.74, 6) is 0.723. The number of rotatable bonds is 3.